The van der Waals surface area contributed by atoms with E-state index in [0.29, 0.717) is 0 Å². The first-order valence-electron chi connectivity index (χ1n) is 6.91. The van der Waals surface area contributed by atoms with Crippen LogP contribution >= 0.6 is 11.6 Å². The maximum Gasteiger partial charge on any atom is 0.331 e. The highest BCUT2D eigenvalue weighted by atomic mass is 35.5. The molecule has 0 saturated heterocycles. The largest absolute Gasteiger partial charge is 0.480 e. The zero-order valence-electron chi connectivity index (χ0n) is 12.6. The summed E-state index contributed by atoms with van der Waals surface area (Å²) in [4.78, 5) is 35.9. The molecular weight excluding hydrogens is 343 g/mol. The zero-order chi connectivity index (χ0) is 18.0. The Hall–Kier alpha value is -2.45. The lowest BCUT2D eigenvalue weighted by Gasteiger charge is -2.16. The van der Waals surface area contributed by atoms with Crippen molar-refractivity contribution in [3.05, 3.63) is 56.1 Å². The van der Waals surface area contributed by atoms with Crippen molar-refractivity contribution in [2.24, 2.45) is 0 Å². The fourth-order valence-corrected chi connectivity index (χ4v) is 2.47. The summed E-state index contributed by atoms with van der Waals surface area (Å²) in [7, 11) is 0. The van der Waals surface area contributed by atoms with Gasteiger partial charge in [-0.15, -0.1) is 0 Å². The van der Waals surface area contributed by atoms with Crippen molar-refractivity contribution >= 4 is 17.6 Å². The van der Waals surface area contributed by atoms with Gasteiger partial charge >= 0.3 is 11.7 Å². The van der Waals surface area contributed by atoms with E-state index in [-0.39, 0.29) is 16.1 Å². The van der Waals surface area contributed by atoms with E-state index < -0.39 is 42.2 Å². The van der Waals surface area contributed by atoms with Gasteiger partial charge in [0.25, 0.3) is 5.56 Å². The number of hydrogen-bond acceptors (Lipinski definition) is 4. The summed E-state index contributed by atoms with van der Waals surface area (Å²) in [6, 6.07) is 2.93. The van der Waals surface area contributed by atoms with Gasteiger partial charge in [-0.3, -0.25) is 18.7 Å². The van der Waals surface area contributed by atoms with Crippen molar-refractivity contribution in [3.8, 4) is 11.1 Å². The third-order valence-corrected chi connectivity index (χ3v) is 3.82. The monoisotopic (exact) mass is 356 g/mol. The van der Waals surface area contributed by atoms with Crippen molar-refractivity contribution < 1.29 is 19.4 Å². The molecule has 0 aliphatic heterocycles. The number of carboxylic acids is 1. The topological polar surface area (TPSA) is 102 Å². The Balaban J connectivity index is 2.85. The van der Waals surface area contributed by atoms with E-state index in [9.17, 15) is 23.9 Å². The Morgan fingerprint density at radius 3 is 2.58 bits per heavy atom. The van der Waals surface area contributed by atoms with Gasteiger partial charge in [0.05, 0.1) is 23.2 Å². The molecule has 1 atom stereocenters. The van der Waals surface area contributed by atoms with Crippen molar-refractivity contribution in [3.63, 3.8) is 0 Å². The van der Waals surface area contributed by atoms with E-state index in [1.165, 1.54) is 19.1 Å². The van der Waals surface area contributed by atoms with Crippen LogP contribution in [-0.4, -0.2) is 31.9 Å². The molecule has 2 N–H and O–H groups in total. The van der Waals surface area contributed by atoms with E-state index >= 15 is 0 Å². The lowest BCUT2D eigenvalue weighted by Crippen LogP contribution is -2.43. The third-order valence-electron chi connectivity index (χ3n) is 3.44. The van der Waals surface area contributed by atoms with Crippen molar-refractivity contribution in [1.82, 2.24) is 9.13 Å². The number of aliphatic carboxylic acids is 1. The van der Waals surface area contributed by atoms with Gasteiger partial charge in [0.15, 0.2) is 0 Å². The second kappa shape index (κ2) is 6.98. The fraction of sp³-hybridized carbons (Fsp3) is 0.267. The van der Waals surface area contributed by atoms with E-state index in [4.69, 9.17) is 16.7 Å². The molecule has 2 aromatic rings. The number of nitrogens with zero attached hydrogens (tertiary/aromatic N) is 2. The quantitative estimate of drug-likeness (QED) is 0.835. The van der Waals surface area contributed by atoms with Crippen LogP contribution in [-0.2, 0) is 11.3 Å². The molecule has 0 saturated carbocycles. The highest BCUT2D eigenvalue weighted by Crippen LogP contribution is 2.27. The van der Waals surface area contributed by atoms with Crippen LogP contribution in [0.15, 0.2) is 34.0 Å². The van der Waals surface area contributed by atoms with Gasteiger partial charge in [0.2, 0.25) is 0 Å². The minimum Gasteiger partial charge on any atom is -0.480 e. The first-order chi connectivity index (χ1) is 11.3. The standard InChI is InChI=1S/C15H14ClFN2O5/c1-8(7-20)19-14(23)10(5-18(15(19)24)6-12(21)22)9-3-2-4-11(17)13(9)16/h2-5,8,20H,6-7H2,1H3,(H,21,22). The van der Waals surface area contributed by atoms with Crippen LogP contribution in [0.25, 0.3) is 11.1 Å². The molecule has 2 rings (SSSR count). The van der Waals surface area contributed by atoms with Gasteiger partial charge in [-0.1, -0.05) is 23.7 Å². The average Bonchev–Trinajstić information content (AvgIpc) is 2.52. The van der Waals surface area contributed by atoms with Crippen LogP contribution < -0.4 is 11.2 Å². The summed E-state index contributed by atoms with van der Waals surface area (Å²) in [5.41, 5.74) is -1.80. The van der Waals surface area contributed by atoms with E-state index in [2.05, 4.69) is 0 Å². The van der Waals surface area contributed by atoms with E-state index in [0.717, 1.165) is 21.4 Å². The molecule has 0 spiro atoms. The summed E-state index contributed by atoms with van der Waals surface area (Å²) in [6.07, 6.45) is 1.03. The van der Waals surface area contributed by atoms with Gasteiger partial charge in [-0.05, 0) is 13.0 Å². The molecule has 0 amide bonds. The van der Waals surface area contributed by atoms with Crippen LogP contribution in [0.4, 0.5) is 4.39 Å². The molecule has 9 heteroatoms. The molecule has 0 bridgehead atoms. The molecule has 24 heavy (non-hydrogen) atoms. The summed E-state index contributed by atoms with van der Waals surface area (Å²) in [6.45, 7) is 0.213. The number of carbonyl (C=O) groups is 1. The van der Waals surface area contributed by atoms with Crippen LogP contribution in [0, 0.1) is 5.82 Å². The summed E-state index contributed by atoms with van der Waals surface area (Å²) in [5, 5.41) is 17.9. The van der Waals surface area contributed by atoms with Crippen LogP contribution in [0.1, 0.15) is 13.0 Å². The highest BCUT2D eigenvalue weighted by molar-refractivity contribution is 6.33. The fourth-order valence-electron chi connectivity index (χ4n) is 2.25. The molecule has 1 aromatic carbocycles. The number of aliphatic hydroxyl groups excluding tert-OH is 1. The highest BCUT2D eigenvalue weighted by Gasteiger charge is 2.20. The predicted molar refractivity (Wildman–Crippen MR) is 84.8 cm³/mol. The maximum atomic E-state index is 13.7. The van der Waals surface area contributed by atoms with Crippen molar-refractivity contribution in [1.29, 1.82) is 0 Å². The Morgan fingerprint density at radius 2 is 2.00 bits per heavy atom. The lowest BCUT2D eigenvalue weighted by atomic mass is 10.1. The SMILES string of the molecule is CC(CO)n1c(=O)c(-c2cccc(F)c2Cl)cn(CC(=O)O)c1=O. The predicted octanol–water partition coefficient (Wildman–Crippen LogP) is 1.11. The number of carboxylic acid groups (broad SMARTS) is 1. The number of hydrogen-bond donors (Lipinski definition) is 2. The van der Waals surface area contributed by atoms with Gasteiger partial charge < -0.3 is 10.2 Å². The molecule has 0 aliphatic carbocycles. The zero-order valence-corrected chi connectivity index (χ0v) is 13.3. The van der Waals surface area contributed by atoms with Crippen LogP contribution in [0.5, 0.6) is 0 Å². The van der Waals surface area contributed by atoms with E-state index in [1.54, 1.807) is 0 Å². The first kappa shape index (κ1) is 17.9. The molecule has 1 aromatic heterocycles. The molecular formula is C15H14ClFN2O5. The molecule has 1 unspecified atom stereocenters. The van der Waals surface area contributed by atoms with Crippen molar-refractivity contribution in [2.75, 3.05) is 6.61 Å². The molecule has 7 nitrogen and oxygen atoms in total. The van der Waals surface area contributed by atoms with E-state index in [1.807, 2.05) is 0 Å². The van der Waals surface area contributed by atoms with Gasteiger partial charge in [0.1, 0.15) is 12.4 Å². The third kappa shape index (κ3) is 3.24. The molecule has 0 aliphatic rings. The molecule has 0 fully saturated rings. The molecule has 0 radical (unpaired) electrons. The normalized spacial score (nSPS) is 12.2. The second-order valence-electron chi connectivity index (χ2n) is 5.16. The maximum absolute atomic E-state index is 13.7. The average molecular weight is 357 g/mol. The number of rotatable bonds is 5. The Bertz CT molecular complexity index is 906. The van der Waals surface area contributed by atoms with Gasteiger partial charge in [-0.25, -0.2) is 9.18 Å². The van der Waals surface area contributed by atoms with Crippen molar-refractivity contribution in [2.45, 2.75) is 19.5 Å². The summed E-state index contributed by atoms with van der Waals surface area (Å²) in [5.74, 6) is -2.05. The molecule has 1 heterocycles. The van der Waals surface area contributed by atoms with Crippen LogP contribution in [0.3, 0.4) is 0 Å². The second-order valence-corrected chi connectivity index (χ2v) is 5.53. The number of aromatic nitrogens is 2. The smallest absolute Gasteiger partial charge is 0.331 e. The molecule has 128 valence electrons. The summed E-state index contributed by atoms with van der Waals surface area (Å²) >= 11 is 5.89. The first-order valence-corrected chi connectivity index (χ1v) is 7.28. The number of aliphatic hydroxyl groups is 1. The number of halogens is 2. The minimum atomic E-state index is -1.30. The number of benzene rings is 1. The Kier molecular flexibility index (Phi) is 5.20. The van der Waals surface area contributed by atoms with Gasteiger partial charge in [0, 0.05) is 11.8 Å². The van der Waals surface area contributed by atoms with Crippen LogP contribution in [0.2, 0.25) is 5.02 Å². The minimum absolute atomic E-state index is 0.0275. The Labute approximate surface area is 140 Å². The van der Waals surface area contributed by atoms with Gasteiger partial charge in [-0.2, -0.15) is 0 Å². The summed E-state index contributed by atoms with van der Waals surface area (Å²) < 4.78 is 15.2. The lowest BCUT2D eigenvalue weighted by molar-refractivity contribution is -0.137. The Morgan fingerprint density at radius 1 is 1.33 bits per heavy atom.